The van der Waals surface area contributed by atoms with Crippen LogP contribution in [0.3, 0.4) is 0 Å². The SMILES string of the molecule is Cc1ccc(C(O)COCCCc2ccccc2)cc1. The lowest BCUT2D eigenvalue weighted by Gasteiger charge is -2.12. The van der Waals surface area contributed by atoms with Gasteiger partial charge in [-0.3, -0.25) is 0 Å². The Labute approximate surface area is 121 Å². The minimum absolute atomic E-state index is 0.359. The van der Waals surface area contributed by atoms with Gasteiger partial charge in [0.15, 0.2) is 0 Å². The molecule has 2 aromatic carbocycles. The van der Waals surface area contributed by atoms with E-state index in [1.165, 1.54) is 11.1 Å². The first-order valence-electron chi connectivity index (χ1n) is 7.12. The average molecular weight is 270 g/mol. The van der Waals surface area contributed by atoms with Gasteiger partial charge >= 0.3 is 0 Å². The summed E-state index contributed by atoms with van der Waals surface area (Å²) in [7, 11) is 0. The van der Waals surface area contributed by atoms with Gasteiger partial charge in [0, 0.05) is 6.61 Å². The summed E-state index contributed by atoms with van der Waals surface area (Å²) in [6, 6.07) is 18.3. The highest BCUT2D eigenvalue weighted by atomic mass is 16.5. The molecule has 106 valence electrons. The number of aryl methyl sites for hydroxylation is 2. The van der Waals surface area contributed by atoms with E-state index in [4.69, 9.17) is 4.74 Å². The van der Waals surface area contributed by atoms with Gasteiger partial charge < -0.3 is 9.84 Å². The average Bonchev–Trinajstić information content (AvgIpc) is 2.48. The third kappa shape index (κ3) is 4.80. The molecule has 2 aromatic rings. The Morgan fingerprint density at radius 1 is 1.00 bits per heavy atom. The quantitative estimate of drug-likeness (QED) is 0.778. The van der Waals surface area contributed by atoms with Gasteiger partial charge in [0.2, 0.25) is 0 Å². The fourth-order valence-corrected chi connectivity index (χ4v) is 2.10. The van der Waals surface area contributed by atoms with Gasteiger partial charge in [-0.1, -0.05) is 60.2 Å². The predicted octanol–water partition coefficient (Wildman–Crippen LogP) is 3.68. The molecule has 0 fully saturated rings. The fourth-order valence-electron chi connectivity index (χ4n) is 2.10. The minimum Gasteiger partial charge on any atom is -0.386 e. The first-order valence-corrected chi connectivity index (χ1v) is 7.12. The normalized spacial score (nSPS) is 12.3. The lowest BCUT2D eigenvalue weighted by Crippen LogP contribution is -2.08. The van der Waals surface area contributed by atoms with Crippen LogP contribution in [0.25, 0.3) is 0 Å². The second kappa shape index (κ2) is 7.83. The maximum atomic E-state index is 10.0. The second-order valence-corrected chi connectivity index (χ2v) is 5.09. The summed E-state index contributed by atoms with van der Waals surface area (Å²) in [5.41, 5.74) is 3.44. The summed E-state index contributed by atoms with van der Waals surface area (Å²) >= 11 is 0. The molecule has 1 atom stereocenters. The molecule has 0 aliphatic carbocycles. The second-order valence-electron chi connectivity index (χ2n) is 5.09. The Morgan fingerprint density at radius 2 is 1.70 bits per heavy atom. The summed E-state index contributed by atoms with van der Waals surface area (Å²) in [5, 5.41) is 10.0. The molecule has 0 heterocycles. The summed E-state index contributed by atoms with van der Waals surface area (Å²) in [6.07, 6.45) is 1.46. The van der Waals surface area contributed by atoms with E-state index in [9.17, 15) is 5.11 Å². The number of aliphatic hydroxyl groups excluding tert-OH is 1. The molecule has 2 rings (SSSR count). The predicted molar refractivity (Wildman–Crippen MR) is 81.7 cm³/mol. The number of hydrogen-bond acceptors (Lipinski definition) is 2. The lowest BCUT2D eigenvalue weighted by molar-refractivity contribution is 0.0352. The first-order chi connectivity index (χ1) is 9.75. The van der Waals surface area contributed by atoms with Crippen molar-refractivity contribution >= 4 is 0 Å². The van der Waals surface area contributed by atoms with Crippen molar-refractivity contribution in [3.05, 3.63) is 71.3 Å². The van der Waals surface area contributed by atoms with E-state index < -0.39 is 6.10 Å². The van der Waals surface area contributed by atoms with Crippen molar-refractivity contribution in [2.75, 3.05) is 13.2 Å². The number of aliphatic hydroxyl groups is 1. The Hall–Kier alpha value is -1.64. The van der Waals surface area contributed by atoms with Crippen molar-refractivity contribution in [2.45, 2.75) is 25.9 Å². The third-order valence-electron chi connectivity index (χ3n) is 3.33. The van der Waals surface area contributed by atoms with Crippen molar-refractivity contribution in [3.63, 3.8) is 0 Å². The number of ether oxygens (including phenoxy) is 1. The molecule has 0 aliphatic rings. The Kier molecular flexibility index (Phi) is 5.78. The zero-order valence-electron chi connectivity index (χ0n) is 12.0. The molecule has 1 N–H and O–H groups in total. The zero-order valence-corrected chi connectivity index (χ0v) is 12.0. The molecule has 2 heteroatoms. The van der Waals surface area contributed by atoms with Crippen molar-refractivity contribution in [1.29, 1.82) is 0 Å². The number of hydrogen-bond donors (Lipinski definition) is 1. The maximum Gasteiger partial charge on any atom is 0.102 e. The highest BCUT2D eigenvalue weighted by Gasteiger charge is 2.06. The molecular formula is C18H22O2. The number of benzene rings is 2. The van der Waals surface area contributed by atoms with Crippen LogP contribution in [0.1, 0.15) is 29.2 Å². The molecule has 0 aromatic heterocycles. The van der Waals surface area contributed by atoms with Crippen LogP contribution in [-0.4, -0.2) is 18.3 Å². The van der Waals surface area contributed by atoms with Crippen LogP contribution in [0.4, 0.5) is 0 Å². The van der Waals surface area contributed by atoms with Crippen molar-refractivity contribution in [1.82, 2.24) is 0 Å². The zero-order chi connectivity index (χ0) is 14.2. The van der Waals surface area contributed by atoms with Gasteiger partial charge in [-0.05, 0) is 30.9 Å². The summed E-state index contributed by atoms with van der Waals surface area (Å²) in [4.78, 5) is 0. The van der Waals surface area contributed by atoms with E-state index in [-0.39, 0.29) is 0 Å². The topological polar surface area (TPSA) is 29.5 Å². The van der Waals surface area contributed by atoms with Crippen LogP contribution in [0.5, 0.6) is 0 Å². The number of rotatable bonds is 7. The van der Waals surface area contributed by atoms with Gasteiger partial charge in [0.1, 0.15) is 6.10 Å². The van der Waals surface area contributed by atoms with E-state index >= 15 is 0 Å². The van der Waals surface area contributed by atoms with E-state index in [0.717, 1.165) is 18.4 Å². The smallest absolute Gasteiger partial charge is 0.102 e. The van der Waals surface area contributed by atoms with Crippen LogP contribution < -0.4 is 0 Å². The molecule has 0 bridgehead atoms. The third-order valence-corrected chi connectivity index (χ3v) is 3.33. The molecule has 20 heavy (non-hydrogen) atoms. The summed E-state index contributed by atoms with van der Waals surface area (Å²) in [5.74, 6) is 0. The van der Waals surface area contributed by atoms with E-state index in [1.807, 2.05) is 37.3 Å². The van der Waals surface area contributed by atoms with Gasteiger partial charge in [-0.25, -0.2) is 0 Å². The molecule has 0 radical (unpaired) electrons. The summed E-state index contributed by atoms with van der Waals surface area (Å²) < 4.78 is 5.55. The van der Waals surface area contributed by atoms with E-state index in [0.29, 0.717) is 13.2 Å². The maximum absolute atomic E-state index is 10.0. The lowest BCUT2D eigenvalue weighted by atomic mass is 10.1. The minimum atomic E-state index is -0.535. The molecule has 2 nitrogen and oxygen atoms in total. The van der Waals surface area contributed by atoms with Crippen LogP contribution >= 0.6 is 0 Å². The highest BCUT2D eigenvalue weighted by molar-refractivity contribution is 5.23. The van der Waals surface area contributed by atoms with Crippen LogP contribution in [0, 0.1) is 6.92 Å². The Bertz CT molecular complexity index is 491. The standard InChI is InChI=1S/C18H22O2/c1-15-9-11-17(12-10-15)18(19)14-20-13-5-8-16-6-3-2-4-7-16/h2-4,6-7,9-12,18-19H,5,8,13-14H2,1H3. The Balaban J connectivity index is 1.64. The molecule has 0 amide bonds. The van der Waals surface area contributed by atoms with Crippen LogP contribution in [0.2, 0.25) is 0 Å². The van der Waals surface area contributed by atoms with Crippen LogP contribution in [0.15, 0.2) is 54.6 Å². The fraction of sp³-hybridized carbons (Fsp3) is 0.333. The molecule has 0 saturated carbocycles. The molecule has 0 spiro atoms. The van der Waals surface area contributed by atoms with Crippen molar-refractivity contribution in [3.8, 4) is 0 Å². The largest absolute Gasteiger partial charge is 0.386 e. The van der Waals surface area contributed by atoms with Gasteiger partial charge in [0.05, 0.1) is 6.61 Å². The molecule has 1 unspecified atom stereocenters. The van der Waals surface area contributed by atoms with Crippen molar-refractivity contribution in [2.24, 2.45) is 0 Å². The highest BCUT2D eigenvalue weighted by Crippen LogP contribution is 2.14. The monoisotopic (exact) mass is 270 g/mol. The van der Waals surface area contributed by atoms with Gasteiger partial charge in [-0.15, -0.1) is 0 Å². The van der Waals surface area contributed by atoms with Gasteiger partial charge in [0.25, 0.3) is 0 Å². The Morgan fingerprint density at radius 3 is 2.40 bits per heavy atom. The van der Waals surface area contributed by atoms with E-state index in [1.54, 1.807) is 0 Å². The molecule has 0 saturated heterocycles. The first kappa shape index (κ1) is 14.8. The van der Waals surface area contributed by atoms with E-state index in [2.05, 4.69) is 24.3 Å². The molecular weight excluding hydrogens is 248 g/mol. The van der Waals surface area contributed by atoms with Gasteiger partial charge in [-0.2, -0.15) is 0 Å². The van der Waals surface area contributed by atoms with Crippen molar-refractivity contribution < 1.29 is 9.84 Å². The summed E-state index contributed by atoms with van der Waals surface area (Å²) in [6.45, 7) is 3.08. The molecule has 0 aliphatic heterocycles. The van der Waals surface area contributed by atoms with Crippen LogP contribution in [-0.2, 0) is 11.2 Å².